The minimum Gasteiger partial charge on any atom is -0.379 e. The monoisotopic (exact) mass is 209 g/mol. The van der Waals surface area contributed by atoms with Crippen molar-refractivity contribution in [3.63, 3.8) is 0 Å². The summed E-state index contributed by atoms with van der Waals surface area (Å²) in [7, 11) is -3.25. The molecule has 0 spiro atoms. The molecule has 13 heavy (non-hydrogen) atoms. The van der Waals surface area contributed by atoms with Gasteiger partial charge in [0.05, 0.1) is 26.4 Å². The molecule has 0 saturated carbocycles. The zero-order chi connectivity index (χ0) is 9.57. The second-order valence-corrected chi connectivity index (χ2v) is 4.08. The summed E-state index contributed by atoms with van der Waals surface area (Å²) >= 11 is 0. The van der Waals surface area contributed by atoms with E-state index in [9.17, 15) is 4.57 Å². The van der Waals surface area contributed by atoms with Gasteiger partial charge in [0.2, 0.25) is 0 Å². The van der Waals surface area contributed by atoms with E-state index in [1.165, 1.54) is 0 Å². The molecule has 0 unspecified atom stereocenters. The maximum absolute atomic E-state index is 11.5. The molecule has 0 atom stereocenters. The van der Waals surface area contributed by atoms with Crippen LogP contribution in [0.4, 0.5) is 0 Å². The lowest BCUT2D eigenvalue weighted by Crippen LogP contribution is -2.12. The number of ether oxygens (including phenoxy) is 1. The molecule has 1 radical (unpaired) electrons. The van der Waals surface area contributed by atoms with Crippen LogP contribution in [0.1, 0.15) is 6.42 Å². The Labute approximate surface area is 77.9 Å². The lowest BCUT2D eigenvalue weighted by atomic mass is 10.5. The SMILES string of the molecule is [CH2]COCCOP1(=O)OCCCO1. The summed E-state index contributed by atoms with van der Waals surface area (Å²) in [5.74, 6) is 0. The Kier molecular flexibility index (Phi) is 4.91. The van der Waals surface area contributed by atoms with Crippen molar-refractivity contribution in [2.45, 2.75) is 6.42 Å². The summed E-state index contributed by atoms with van der Waals surface area (Å²) < 4.78 is 31.1. The van der Waals surface area contributed by atoms with Gasteiger partial charge in [-0.2, -0.15) is 0 Å². The van der Waals surface area contributed by atoms with E-state index in [0.29, 0.717) is 26.4 Å². The van der Waals surface area contributed by atoms with Crippen molar-refractivity contribution in [1.82, 2.24) is 0 Å². The molecule has 6 heteroatoms. The number of phosphoric acid groups is 1. The van der Waals surface area contributed by atoms with Crippen molar-refractivity contribution in [3.8, 4) is 0 Å². The summed E-state index contributed by atoms with van der Waals surface area (Å²) in [6.45, 7) is 5.25. The molecule has 1 rings (SSSR count). The first-order valence-corrected chi connectivity index (χ1v) is 5.63. The average molecular weight is 209 g/mol. The van der Waals surface area contributed by atoms with Crippen LogP contribution in [0.5, 0.6) is 0 Å². The third kappa shape index (κ3) is 4.20. The quantitative estimate of drug-likeness (QED) is 0.506. The second-order valence-electron chi connectivity index (χ2n) is 2.41. The standard InChI is InChI=1S/C7H14O5P/c1-2-9-6-7-12-13(8)10-4-3-5-11-13/h1-7H2. The molecule has 0 amide bonds. The van der Waals surface area contributed by atoms with Gasteiger partial charge in [-0.15, -0.1) is 0 Å². The van der Waals surface area contributed by atoms with Crippen LogP contribution in [0.2, 0.25) is 0 Å². The highest BCUT2D eigenvalue weighted by Gasteiger charge is 2.29. The van der Waals surface area contributed by atoms with Crippen LogP contribution < -0.4 is 0 Å². The van der Waals surface area contributed by atoms with E-state index in [-0.39, 0.29) is 6.61 Å². The Morgan fingerprint density at radius 1 is 1.31 bits per heavy atom. The van der Waals surface area contributed by atoms with E-state index >= 15 is 0 Å². The van der Waals surface area contributed by atoms with Gasteiger partial charge in [0.1, 0.15) is 0 Å². The smallest absolute Gasteiger partial charge is 0.379 e. The van der Waals surface area contributed by atoms with Gasteiger partial charge in [0.15, 0.2) is 0 Å². The predicted molar refractivity (Wildman–Crippen MR) is 46.3 cm³/mol. The minimum atomic E-state index is -3.25. The van der Waals surface area contributed by atoms with Crippen LogP contribution in [-0.2, 0) is 22.9 Å². The molecule has 0 bridgehead atoms. The zero-order valence-corrected chi connectivity index (χ0v) is 8.33. The van der Waals surface area contributed by atoms with Gasteiger partial charge in [0.25, 0.3) is 0 Å². The maximum atomic E-state index is 11.5. The second kappa shape index (κ2) is 5.73. The fourth-order valence-electron chi connectivity index (χ4n) is 0.833. The number of hydrogen-bond donors (Lipinski definition) is 0. The Morgan fingerprint density at radius 3 is 2.62 bits per heavy atom. The molecule has 77 valence electrons. The fourth-order valence-corrected chi connectivity index (χ4v) is 2.06. The summed E-state index contributed by atoms with van der Waals surface area (Å²) in [5.41, 5.74) is 0. The average Bonchev–Trinajstić information content (AvgIpc) is 2.14. The molecule has 0 aromatic rings. The van der Waals surface area contributed by atoms with E-state index in [2.05, 4.69) is 6.92 Å². The van der Waals surface area contributed by atoms with Gasteiger partial charge >= 0.3 is 7.82 Å². The molecule has 5 nitrogen and oxygen atoms in total. The fraction of sp³-hybridized carbons (Fsp3) is 0.857. The lowest BCUT2D eigenvalue weighted by Gasteiger charge is -2.21. The van der Waals surface area contributed by atoms with Crippen LogP contribution in [-0.4, -0.2) is 33.0 Å². The minimum absolute atomic E-state index is 0.201. The Morgan fingerprint density at radius 2 is 2.00 bits per heavy atom. The van der Waals surface area contributed by atoms with Crippen molar-refractivity contribution >= 4 is 7.82 Å². The normalized spacial score (nSPS) is 21.6. The van der Waals surface area contributed by atoms with Gasteiger partial charge in [-0.25, -0.2) is 4.57 Å². The highest BCUT2D eigenvalue weighted by Crippen LogP contribution is 2.51. The zero-order valence-electron chi connectivity index (χ0n) is 7.44. The lowest BCUT2D eigenvalue weighted by molar-refractivity contribution is 0.0517. The van der Waals surface area contributed by atoms with E-state index in [0.717, 1.165) is 6.42 Å². The molecule has 1 aliphatic heterocycles. The van der Waals surface area contributed by atoms with Crippen LogP contribution in [0.15, 0.2) is 0 Å². The molecule has 1 heterocycles. The summed E-state index contributed by atoms with van der Waals surface area (Å²) in [6.07, 6.45) is 0.753. The summed E-state index contributed by atoms with van der Waals surface area (Å²) in [4.78, 5) is 0. The number of phosphoric ester groups is 1. The topological polar surface area (TPSA) is 54.0 Å². The molecule has 1 saturated heterocycles. The molecular weight excluding hydrogens is 195 g/mol. The van der Waals surface area contributed by atoms with Gasteiger partial charge in [-0.1, -0.05) is 0 Å². The third-order valence-corrected chi connectivity index (χ3v) is 2.91. The molecule has 0 aliphatic carbocycles. The number of rotatable bonds is 5. The Bertz CT molecular complexity index is 174. The van der Waals surface area contributed by atoms with E-state index < -0.39 is 7.82 Å². The molecule has 1 aliphatic rings. The molecular formula is C7H14O5P. The van der Waals surface area contributed by atoms with Crippen molar-refractivity contribution in [1.29, 1.82) is 0 Å². The summed E-state index contributed by atoms with van der Waals surface area (Å²) in [6, 6.07) is 0. The first kappa shape index (κ1) is 11.1. The van der Waals surface area contributed by atoms with Crippen LogP contribution in [0, 0.1) is 6.92 Å². The van der Waals surface area contributed by atoms with Crippen LogP contribution in [0.25, 0.3) is 0 Å². The van der Waals surface area contributed by atoms with E-state index in [1.807, 2.05) is 0 Å². The number of hydrogen-bond acceptors (Lipinski definition) is 5. The Hall–Kier alpha value is 0.0700. The first-order chi connectivity index (χ1) is 6.27. The van der Waals surface area contributed by atoms with Crippen molar-refractivity contribution in [3.05, 3.63) is 6.92 Å². The van der Waals surface area contributed by atoms with Crippen LogP contribution in [0.3, 0.4) is 0 Å². The van der Waals surface area contributed by atoms with Gasteiger partial charge < -0.3 is 4.74 Å². The maximum Gasteiger partial charge on any atom is 0.474 e. The first-order valence-electron chi connectivity index (χ1n) is 4.17. The molecule has 0 aromatic heterocycles. The predicted octanol–water partition coefficient (Wildman–Crippen LogP) is 1.40. The summed E-state index contributed by atoms with van der Waals surface area (Å²) in [5, 5.41) is 0. The van der Waals surface area contributed by atoms with Gasteiger partial charge in [-0.05, 0) is 13.3 Å². The van der Waals surface area contributed by atoms with E-state index in [1.54, 1.807) is 0 Å². The van der Waals surface area contributed by atoms with Crippen molar-refractivity contribution in [2.75, 3.05) is 33.0 Å². The highest BCUT2D eigenvalue weighted by atomic mass is 31.2. The largest absolute Gasteiger partial charge is 0.474 e. The van der Waals surface area contributed by atoms with Crippen LogP contribution >= 0.6 is 7.82 Å². The molecule has 1 fully saturated rings. The highest BCUT2D eigenvalue weighted by molar-refractivity contribution is 7.48. The molecule has 0 aromatic carbocycles. The molecule has 0 N–H and O–H groups in total. The van der Waals surface area contributed by atoms with Gasteiger partial charge in [-0.3, -0.25) is 13.6 Å². The van der Waals surface area contributed by atoms with E-state index in [4.69, 9.17) is 18.3 Å². The van der Waals surface area contributed by atoms with Gasteiger partial charge in [0, 0.05) is 6.61 Å². The Balaban J connectivity index is 2.14. The third-order valence-electron chi connectivity index (χ3n) is 1.41. The van der Waals surface area contributed by atoms with Crippen molar-refractivity contribution in [2.24, 2.45) is 0 Å². The van der Waals surface area contributed by atoms with Crippen molar-refractivity contribution < 1.29 is 22.9 Å².